The molecule has 0 saturated heterocycles. The molecular weight excluding hydrogens is 372 g/mol. The number of aromatic nitrogens is 4. The third-order valence-electron chi connectivity index (χ3n) is 4.86. The van der Waals surface area contributed by atoms with Crippen LogP contribution in [0.5, 0.6) is 5.88 Å². The molecule has 2 amide bonds. The van der Waals surface area contributed by atoms with Gasteiger partial charge in [0.15, 0.2) is 0 Å². The van der Waals surface area contributed by atoms with E-state index in [2.05, 4.69) is 20.5 Å². The van der Waals surface area contributed by atoms with E-state index in [0.29, 0.717) is 37.5 Å². The van der Waals surface area contributed by atoms with Gasteiger partial charge in [0.25, 0.3) is 5.91 Å². The maximum Gasteiger partial charge on any atom is 0.251 e. The average Bonchev–Trinajstić information content (AvgIpc) is 3.17. The summed E-state index contributed by atoms with van der Waals surface area (Å²) in [5.74, 6) is 1.27. The number of aryl methyl sites for hydroxylation is 1. The topological polar surface area (TPSA) is 102 Å². The first kappa shape index (κ1) is 20.8. The Morgan fingerprint density at radius 1 is 1.41 bits per heavy atom. The van der Waals surface area contributed by atoms with E-state index in [1.54, 1.807) is 29.6 Å². The molecule has 29 heavy (non-hydrogen) atoms. The minimum atomic E-state index is -0.178. The van der Waals surface area contributed by atoms with E-state index in [0.717, 1.165) is 18.7 Å². The van der Waals surface area contributed by atoms with Crippen molar-refractivity contribution in [1.29, 1.82) is 0 Å². The van der Waals surface area contributed by atoms with Gasteiger partial charge in [-0.3, -0.25) is 9.59 Å². The maximum atomic E-state index is 12.7. The summed E-state index contributed by atoms with van der Waals surface area (Å²) in [5.41, 5.74) is 0.507. The first-order valence-electron chi connectivity index (χ1n) is 9.96. The minimum absolute atomic E-state index is 0.00493. The van der Waals surface area contributed by atoms with Gasteiger partial charge in [-0.15, -0.1) is 10.2 Å². The van der Waals surface area contributed by atoms with Crippen LogP contribution in [0.25, 0.3) is 0 Å². The molecule has 0 radical (unpaired) electrons. The fourth-order valence-electron chi connectivity index (χ4n) is 3.36. The summed E-state index contributed by atoms with van der Waals surface area (Å²) in [6.07, 6.45) is 5.48. The maximum absolute atomic E-state index is 12.7. The highest BCUT2D eigenvalue weighted by atomic mass is 16.5. The lowest BCUT2D eigenvalue weighted by atomic mass is 9.98. The smallest absolute Gasteiger partial charge is 0.251 e. The second kappa shape index (κ2) is 9.49. The third kappa shape index (κ3) is 5.52. The summed E-state index contributed by atoms with van der Waals surface area (Å²) in [6, 6.07) is 3.29. The summed E-state index contributed by atoms with van der Waals surface area (Å²) in [5, 5.41) is 10.8. The van der Waals surface area contributed by atoms with E-state index in [1.165, 1.54) is 0 Å². The minimum Gasteiger partial charge on any atom is -0.475 e. The van der Waals surface area contributed by atoms with Crippen LogP contribution in [-0.4, -0.2) is 62.7 Å². The van der Waals surface area contributed by atoms with Crippen LogP contribution in [0.2, 0.25) is 0 Å². The van der Waals surface area contributed by atoms with Gasteiger partial charge in [-0.05, 0) is 32.8 Å². The molecule has 0 bridgehead atoms. The Labute approximate surface area is 170 Å². The molecule has 0 spiro atoms. The Hall–Kier alpha value is -2.97. The van der Waals surface area contributed by atoms with Crippen molar-refractivity contribution in [2.24, 2.45) is 5.92 Å². The molecule has 0 aromatic carbocycles. The zero-order valence-electron chi connectivity index (χ0n) is 17.2. The van der Waals surface area contributed by atoms with E-state index in [9.17, 15) is 9.59 Å². The van der Waals surface area contributed by atoms with Gasteiger partial charge in [0.1, 0.15) is 12.2 Å². The zero-order valence-corrected chi connectivity index (χ0v) is 17.2. The molecule has 3 heterocycles. The van der Waals surface area contributed by atoms with Gasteiger partial charge in [0.05, 0.1) is 12.0 Å². The summed E-state index contributed by atoms with van der Waals surface area (Å²) < 4.78 is 7.47. The van der Waals surface area contributed by atoms with Crippen LogP contribution in [0, 0.1) is 5.92 Å². The van der Waals surface area contributed by atoms with Crippen molar-refractivity contribution in [3.05, 3.63) is 36.0 Å². The molecule has 0 fully saturated rings. The number of hydrogen-bond donors (Lipinski definition) is 1. The van der Waals surface area contributed by atoms with Crippen molar-refractivity contribution in [2.75, 3.05) is 20.1 Å². The SMILES string of the molecule is CC(C)Oc1cc(C(=O)NCCCN(C)C(=O)C2CCc3nncn3C2)ccn1. The van der Waals surface area contributed by atoms with Gasteiger partial charge in [-0.25, -0.2) is 4.98 Å². The standard InChI is InChI=1S/C20H28N6O3/c1-14(2)29-18-11-15(7-9-21-18)19(27)22-8-4-10-25(3)20(28)16-5-6-17-24-23-13-26(17)12-16/h7,9,11,13-14,16H,4-6,8,10,12H2,1-3H3,(H,22,27). The molecule has 3 rings (SSSR count). The van der Waals surface area contributed by atoms with Crippen LogP contribution in [-0.2, 0) is 17.8 Å². The number of ether oxygens (including phenoxy) is 1. The van der Waals surface area contributed by atoms with E-state index in [1.807, 2.05) is 25.5 Å². The van der Waals surface area contributed by atoms with Crippen LogP contribution in [0.1, 0.15) is 42.9 Å². The predicted octanol–water partition coefficient (Wildman–Crippen LogP) is 1.30. The molecule has 2 aromatic rings. The van der Waals surface area contributed by atoms with Gasteiger partial charge in [0, 0.05) is 50.9 Å². The molecule has 2 aromatic heterocycles. The second-order valence-corrected chi connectivity index (χ2v) is 7.55. The van der Waals surface area contributed by atoms with E-state index < -0.39 is 0 Å². The van der Waals surface area contributed by atoms with Crippen molar-refractivity contribution < 1.29 is 14.3 Å². The Morgan fingerprint density at radius 3 is 3.03 bits per heavy atom. The molecule has 0 aliphatic carbocycles. The largest absolute Gasteiger partial charge is 0.475 e. The van der Waals surface area contributed by atoms with Crippen molar-refractivity contribution in [3.63, 3.8) is 0 Å². The lowest BCUT2D eigenvalue weighted by molar-refractivity contribution is -0.135. The van der Waals surface area contributed by atoms with Crippen molar-refractivity contribution in [2.45, 2.75) is 45.8 Å². The van der Waals surface area contributed by atoms with E-state index >= 15 is 0 Å². The highest BCUT2D eigenvalue weighted by molar-refractivity contribution is 5.94. The van der Waals surface area contributed by atoms with Crippen molar-refractivity contribution >= 4 is 11.8 Å². The van der Waals surface area contributed by atoms with Crippen LogP contribution >= 0.6 is 0 Å². The molecule has 1 aliphatic rings. The molecule has 1 unspecified atom stereocenters. The van der Waals surface area contributed by atoms with Crippen molar-refractivity contribution in [1.82, 2.24) is 30.0 Å². The monoisotopic (exact) mass is 400 g/mol. The summed E-state index contributed by atoms with van der Waals surface area (Å²) in [6.45, 7) is 5.52. The Kier molecular flexibility index (Phi) is 6.79. The van der Waals surface area contributed by atoms with Crippen LogP contribution < -0.4 is 10.1 Å². The van der Waals surface area contributed by atoms with Gasteiger partial charge in [-0.1, -0.05) is 0 Å². The molecule has 0 saturated carbocycles. The molecule has 1 atom stereocenters. The van der Waals surface area contributed by atoms with Crippen LogP contribution in [0.3, 0.4) is 0 Å². The first-order valence-corrected chi connectivity index (χ1v) is 9.96. The summed E-state index contributed by atoms with van der Waals surface area (Å²) in [7, 11) is 1.81. The number of pyridine rings is 1. The highest BCUT2D eigenvalue weighted by Crippen LogP contribution is 2.19. The lowest BCUT2D eigenvalue weighted by Gasteiger charge is -2.27. The fourth-order valence-corrected chi connectivity index (χ4v) is 3.36. The Balaban J connectivity index is 1.41. The van der Waals surface area contributed by atoms with Gasteiger partial charge < -0.3 is 19.5 Å². The van der Waals surface area contributed by atoms with Gasteiger partial charge >= 0.3 is 0 Å². The van der Waals surface area contributed by atoms with Gasteiger partial charge in [-0.2, -0.15) is 0 Å². The number of carbonyl (C=O) groups excluding carboxylic acids is 2. The third-order valence-corrected chi connectivity index (χ3v) is 4.86. The molecule has 1 N–H and O–H groups in total. The number of hydrogen-bond acceptors (Lipinski definition) is 6. The van der Waals surface area contributed by atoms with Crippen LogP contribution in [0.4, 0.5) is 0 Å². The number of carbonyl (C=O) groups is 2. The normalized spacial score (nSPS) is 15.7. The lowest BCUT2D eigenvalue weighted by Crippen LogP contribution is -2.38. The quantitative estimate of drug-likeness (QED) is 0.670. The number of nitrogens with zero attached hydrogens (tertiary/aromatic N) is 5. The first-order chi connectivity index (χ1) is 13.9. The number of fused-ring (bicyclic) bond motifs is 1. The molecule has 9 nitrogen and oxygen atoms in total. The number of nitrogens with one attached hydrogen (secondary N) is 1. The van der Waals surface area contributed by atoms with Gasteiger partial charge in [0.2, 0.25) is 11.8 Å². The highest BCUT2D eigenvalue weighted by Gasteiger charge is 2.27. The predicted molar refractivity (Wildman–Crippen MR) is 106 cm³/mol. The zero-order chi connectivity index (χ0) is 20.8. The molecule has 9 heteroatoms. The number of rotatable bonds is 8. The second-order valence-electron chi connectivity index (χ2n) is 7.55. The van der Waals surface area contributed by atoms with Crippen molar-refractivity contribution in [3.8, 4) is 5.88 Å². The number of amides is 2. The van der Waals surface area contributed by atoms with Crippen LogP contribution in [0.15, 0.2) is 24.7 Å². The fraction of sp³-hybridized carbons (Fsp3) is 0.550. The Bertz CT molecular complexity index is 850. The molecule has 156 valence electrons. The Morgan fingerprint density at radius 2 is 2.24 bits per heavy atom. The van der Waals surface area contributed by atoms with E-state index in [4.69, 9.17) is 4.74 Å². The summed E-state index contributed by atoms with van der Waals surface area (Å²) >= 11 is 0. The van der Waals surface area contributed by atoms with E-state index in [-0.39, 0.29) is 23.8 Å². The summed E-state index contributed by atoms with van der Waals surface area (Å²) in [4.78, 5) is 30.8. The molecule has 1 aliphatic heterocycles. The molecular formula is C20H28N6O3. The average molecular weight is 400 g/mol.